The zero-order chi connectivity index (χ0) is 18.4. The summed E-state index contributed by atoms with van der Waals surface area (Å²) in [4.78, 5) is 4.31. The molecule has 1 aliphatic heterocycles. The molecule has 0 amide bonds. The van der Waals surface area contributed by atoms with E-state index in [4.69, 9.17) is 4.74 Å². The number of hydrogen-bond donors (Lipinski definition) is 2. The van der Waals surface area contributed by atoms with Crippen LogP contribution in [0.4, 0.5) is 4.39 Å². The Kier molecular flexibility index (Phi) is 8.03. The lowest BCUT2D eigenvalue weighted by atomic mass is 9.74. The van der Waals surface area contributed by atoms with Crippen LogP contribution in [0.1, 0.15) is 24.1 Å². The highest BCUT2D eigenvalue weighted by Gasteiger charge is 2.34. The van der Waals surface area contributed by atoms with E-state index >= 15 is 0 Å². The van der Waals surface area contributed by atoms with Crippen molar-refractivity contribution in [2.45, 2.75) is 24.8 Å². The zero-order valence-corrected chi connectivity index (χ0v) is 18.1. The van der Waals surface area contributed by atoms with Gasteiger partial charge in [0.15, 0.2) is 5.96 Å². The average molecular weight is 487 g/mol. The van der Waals surface area contributed by atoms with Gasteiger partial charge in [-0.1, -0.05) is 12.1 Å². The van der Waals surface area contributed by atoms with Crippen LogP contribution in [0.3, 0.4) is 0 Å². The van der Waals surface area contributed by atoms with Crippen molar-refractivity contribution in [2.75, 3.05) is 26.8 Å². The third kappa shape index (κ3) is 5.41. The summed E-state index contributed by atoms with van der Waals surface area (Å²) in [6.45, 7) is 2.77. The van der Waals surface area contributed by atoms with Gasteiger partial charge < -0.3 is 15.4 Å². The molecule has 0 radical (unpaired) electrons. The van der Waals surface area contributed by atoms with Gasteiger partial charge in [-0.15, -0.1) is 24.0 Å². The van der Waals surface area contributed by atoms with Crippen LogP contribution in [0, 0.1) is 5.82 Å². The molecule has 1 aliphatic rings. The van der Waals surface area contributed by atoms with Gasteiger partial charge >= 0.3 is 0 Å². The second kappa shape index (κ2) is 10.0. The van der Waals surface area contributed by atoms with Crippen molar-refractivity contribution in [3.8, 4) is 0 Å². The lowest BCUT2D eigenvalue weighted by Crippen LogP contribution is -2.48. The third-order valence-electron chi connectivity index (χ3n) is 5.08. The van der Waals surface area contributed by atoms with Gasteiger partial charge in [0.05, 0.1) is 12.2 Å². The van der Waals surface area contributed by atoms with Crippen molar-refractivity contribution < 1.29 is 9.13 Å². The van der Waals surface area contributed by atoms with Crippen LogP contribution in [0.25, 0.3) is 0 Å². The fourth-order valence-electron chi connectivity index (χ4n) is 3.36. The fourth-order valence-corrected chi connectivity index (χ4v) is 3.36. The molecule has 0 spiro atoms. The Morgan fingerprint density at radius 1 is 1.22 bits per heavy atom. The molecule has 0 saturated carbocycles. The summed E-state index contributed by atoms with van der Waals surface area (Å²) in [5.74, 6) is 0.525. The van der Waals surface area contributed by atoms with Crippen molar-refractivity contribution in [1.29, 1.82) is 0 Å². The number of ether oxygens (including phenoxy) is 1. The summed E-state index contributed by atoms with van der Waals surface area (Å²) in [5.41, 5.74) is 2.12. The monoisotopic (exact) mass is 487 g/mol. The van der Waals surface area contributed by atoms with Gasteiger partial charge in [-0.3, -0.25) is 9.67 Å². The number of benzene rings is 1. The van der Waals surface area contributed by atoms with Gasteiger partial charge in [-0.2, -0.15) is 5.10 Å². The molecule has 2 aromatic rings. The molecule has 0 aliphatic carbocycles. The van der Waals surface area contributed by atoms with Crippen molar-refractivity contribution in [3.05, 3.63) is 53.6 Å². The largest absolute Gasteiger partial charge is 0.381 e. The maximum Gasteiger partial charge on any atom is 0.191 e. The van der Waals surface area contributed by atoms with Crippen molar-refractivity contribution in [1.82, 2.24) is 20.4 Å². The predicted molar refractivity (Wildman–Crippen MR) is 115 cm³/mol. The van der Waals surface area contributed by atoms with Crippen molar-refractivity contribution in [2.24, 2.45) is 12.0 Å². The Morgan fingerprint density at radius 2 is 1.93 bits per heavy atom. The van der Waals surface area contributed by atoms with Crippen molar-refractivity contribution >= 4 is 29.9 Å². The van der Waals surface area contributed by atoms with E-state index in [-0.39, 0.29) is 35.2 Å². The van der Waals surface area contributed by atoms with Gasteiger partial charge in [-0.25, -0.2) is 4.39 Å². The van der Waals surface area contributed by atoms with Crippen LogP contribution in [0.5, 0.6) is 0 Å². The molecule has 27 heavy (non-hydrogen) atoms. The second-order valence-electron chi connectivity index (χ2n) is 6.63. The van der Waals surface area contributed by atoms with Crippen LogP contribution in [-0.4, -0.2) is 42.5 Å². The minimum Gasteiger partial charge on any atom is -0.381 e. The topological polar surface area (TPSA) is 63.5 Å². The smallest absolute Gasteiger partial charge is 0.191 e. The molecule has 2 heterocycles. The summed E-state index contributed by atoms with van der Waals surface area (Å²) in [6.07, 6.45) is 3.56. The highest BCUT2D eigenvalue weighted by molar-refractivity contribution is 14.0. The Bertz CT molecular complexity index is 741. The number of halogens is 2. The molecule has 3 rings (SSSR count). The Hall–Kier alpha value is -1.68. The highest BCUT2D eigenvalue weighted by Crippen LogP contribution is 2.34. The molecular formula is C19H27FIN5O. The van der Waals surface area contributed by atoms with E-state index in [1.165, 1.54) is 12.1 Å². The fraction of sp³-hybridized carbons (Fsp3) is 0.474. The summed E-state index contributed by atoms with van der Waals surface area (Å²) >= 11 is 0. The number of rotatable bonds is 5. The summed E-state index contributed by atoms with van der Waals surface area (Å²) in [5, 5.41) is 10.9. The van der Waals surface area contributed by atoms with E-state index in [9.17, 15) is 4.39 Å². The molecule has 0 unspecified atom stereocenters. The molecule has 0 atom stereocenters. The van der Waals surface area contributed by atoms with Crippen LogP contribution in [0.2, 0.25) is 0 Å². The first-order valence-electron chi connectivity index (χ1n) is 8.88. The van der Waals surface area contributed by atoms with Crippen LogP contribution < -0.4 is 10.6 Å². The number of hydrogen-bond acceptors (Lipinski definition) is 3. The Balaban J connectivity index is 0.00000261. The number of aliphatic imine (C=N–C) groups is 1. The number of nitrogens with zero attached hydrogens (tertiary/aromatic N) is 3. The van der Waals surface area contributed by atoms with Gasteiger partial charge in [0.1, 0.15) is 5.82 Å². The number of guanidine groups is 1. The highest BCUT2D eigenvalue weighted by atomic mass is 127. The Morgan fingerprint density at radius 3 is 2.52 bits per heavy atom. The van der Waals surface area contributed by atoms with Gasteiger partial charge in [-0.05, 0) is 36.6 Å². The average Bonchev–Trinajstić information content (AvgIpc) is 3.08. The van der Waals surface area contributed by atoms with Gasteiger partial charge in [0, 0.05) is 45.5 Å². The van der Waals surface area contributed by atoms with Crippen LogP contribution in [-0.2, 0) is 23.7 Å². The van der Waals surface area contributed by atoms with Crippen molar-refractivity contribution in [3.63, 3.8) is 0 Å². The number of aryl methyl sites for hydroxylation is 1. The second-order valence-corrected chi connectivity index (χ2v) is 6.63. The van der Waals surface area contributed by atoms with Gasteiger partial charge in [0.2, 0.25) is 0 Å². The first kappa shape index (κ1) is 21.6. The Labute approximate surface area is 176 Å². The zero-order valence-electron chi connectivity index (χ0n) is 15.7. The van der Waals surface area contributed by atoms with E-state index in [2.05, 4.69) is 20.7 Å². The molecule has 8 heteroatoms. The van der Waals surface area contributed by atoms with E-state index in [0.29, 0.717) is 26.3 Å². The SMILES string of the molecule is CN=C(NCc1ccnn1C)NCC1(c2ccc(F)cc2)CCOCC1.I. The molecular weight excluding hydrogens is 460 g/mol. The first-order valence-corrected chi connectivity index (χ1v) is 8.88. The molecule has 1 saturated heterocycles. The van der Waals surface area contributed by atoms with Gasteiger partial charge in [0.25, 0.3) is 0 Å². The lowest BCUT2D eigenvalue weighted by Gasteiger charge is -2.38. The maximum atomic E-state index is 13.3. The molecule has 1 aromatic heterocycles. The van der Waals surface area contributed by atoms with E-state index in [1.54, 1.807) is 13.2 Å². The standard InChI is InChI=1S/C19H26FN5O.HI/c1-21-18(22-13-17-7-10-24-25(17)2)23-14-19(8-11-26-12-9-19)15-3-5-16(20)6-4-15;/h3-7,10H,8-9,11-14H2,1-2H3,(H2,21,22,23);1H. The van der Waals surface area contributed by atoms with Crippen LogP contribution >= 0.6 is 24.0 Å². The third-order valence-corrected chi connectivity index (χ3v) is 5.08. The normalized spacial score (nSPS) is 16.5. The molecule has 0 bridgehead atoms. The predicted octanol–water partition coefficient (Wildman–Crippen LogP) is 2.59. The minimum atomic E-state index is -0.211. The quantitative estimate of drug-likeness (QED) is 0.387. The maximum absolute atomic E-state index is 13.3. The summed E-state index contributed by atoms with van der Waals surface area (Å²) in [7, 11) is 3.67. The lowest BCUT2D eigenvalue weighted by molar-refractivity contribution is 0.0513. The van der Waals surface area contributed by atoms with E-state index < -0.39 is 0 Å². The van der Waals surface area contributed by atoms with Crippen LogP contribution in [0.15, 0.2) is 41.5 Å². The minimum absolute atomic E-state index is 0. The molecule has 6 nitrogen and oxygen atoms in total. The van der Waals surface area contributed by atoms with E-state index in [1.807, 2.05) is 29.9 Å². The number of aromatic nitrogens is 2. The van der Waals surface area contributed by atoms with E-state index in [0.717, 1.165) is 30.1 Å². The molecule has 1 fully saturated rings. The molecule has 1 aromatic carbocycles. The molecule has 2 N–H and O–H groups in total. The summed E-state index contributed by atoms with van der Waals surface area (Å²) < 4.78 is 20.7. The number of nitrogens with one attached hydrogen (secondary N) is 2. The first-order chi connectivity index (χ1) is 12.6. The molecule has 148 valence electrons. The summed E-state index contributed by atoms with van der Waals surface area (Å²) in [6, 6.07) is 8.80.